The van der Waals surface area contributed by atoms with Crippen molar-refractivity contribution < 1.29 is 23.8 Å². The van der Waals surface area contributed by atoms with E-state index in [1.165, 1.54) is 17.0 Å². The van der Waals surface area contributed by atoms with E-state index in [1.807, 2.05) is 0 Å². The third-order valence-corrected chi connectivity index (χ3v) is 3.77. The lowest BCUT2D eigenvalue weighted by molar-refractivity contribution is -0.138. The van der Waals surface area contributed by atoms with Gasteiger partial charge in [0.05, 0.1) is 0 Å². The maximum absolute atomic E-state index is 13.4. The Morgan fingerprint density at radius 3 is 2.57 bits per heavy atom. The minimum absolute atomic E-state index is 0.134. The van der Waals surface area contributed by atoms with Crippen LogP contribution in [0.3, 0.4) is 0 Å². The molecular formula is C14H15BrFNO4. The standard InChI is InChI=1S/C14H15BrFNO4/c15-10-5-9(6-11(16)7-10)14(20)17(8-13(18)19)12-1-3-21-4-2-12/h5-7,12H,1-4,8H2,(H,18,19). The molecule has 0 bridgehead atoms. The van der Waals surface area contributed by atoms with Crippen LogP contribution < -0.4 is 0 Å². The van der Waals surface area contributed by atoms with E-state index in [2.05, 4.69) is 15.9 Å². The molecule has 5 nitrogen and oxygen atoms in total. The highest BCUT2D eigenvalue weighted by Gasteiger charge is 2.28. The van der Waals surface area contributed by atoms with E-state index >= 15 is 0 Å². The van der Waals surface area contributed by atoms with Crippen molar-refractivity contribution in [3.8, 4) is 0 Å². The van der Waals surface area contributed by atoms with E-state index in [0.717, 1.165) is 6.07 Å². The number of rotatable bonds is 4. The molecule has 7 heteroatoms. The lowest BCUT2D eigenvalue weighted by Gasteiger charge is -2.33. The molecule has 0 spiro atoms. The van der Waals surface area contributed by atoms with Gasteiger partial charge >= 0.3 is 5.97 Å². The van der Waals surface area contributed by atoms with Gasteiger partial charge in [-0.1, -0.05) is 15.9 Å². The van der Waals surface area contributed by atoms with Crippen LogP contribution in [0.1, 0.15) is 23.2 Å². The Hall–Kier alpha value is -1.47. The van der Waals surface area contributed by atoms with Gasteiger partial charge in [-0.3, -0.25) is 9.59 Å². The average Bonchev–Trinajstić information content (AvgIpc) is 2.44. The molecule has 1 aromatic carbocycles. The first-order valence-corrected chi connectivity index (χ1v) is 7.33. The normalized spacial score (nSPS) is 15.7. The van der Waals surface area contributed by atoms with Crippen molar-refractivity contribution in [3.05, 3.63) is 34.1 Å². The molecule has 1 amide bonds. The molecule has 0 atom stereocenters. The minimum Gasteiger partial charge on any atom is -0.480 e. The maximum Gasteiger partial charge on any atom is 0.323 e. The number of carbonyl (C=O) groups is 2. The number of hydrogen-bond acceptors (Lipinski definition) is 3. The zero-order valence-electron chi connectivity index (χ0n) is 11.2. The van der Waals surface area contributed by atoms with Crippen LogP contribution in [0, 0.1) is 5.82 Å². The fourth-order valence-electron chi connectivity index (χ4n) is 2.35. The Bertz CT molecular complexity index is 526. The summed E-state index contributed by atoms with van der Waals surface area (Å²) in [6, 6.07) is 3.64. The fourth-order valence-corrected chi connectivity index (χ4v) is 2.82. The first-order valence-electron chi connectivity index (χ1n) is 6.54. The van der Waals surface area contributed by atoms with E-state index in [9.17, 15) is 14.0 Å². The summed E-state index contributed by atoms with van der Waals surface area (Å²) in [5.74, 6) is -2.12. The SMILES string of the molecule is O=C(O)CN(C(=O)c1cc(F)cc(Br)c1)C1CCOCC1. The molecule has 1 N–H and O–H groups in total. The number of carboxylic acid groups (broad SMARTS) is 1. The first-order chi connectivity index (χ1) is 9.97. The Balaban J connectivity index is 2.25. The van der Waals surface area contributed by atoms with Crippen LogP contribution in [-0.4, -0.2) is 47.7 Å². The lowest BCUT2D eigenvalue weighted by atomic mass is 10.1. The number of carboxylic acids is 1. The van der Waals surface area contributed by atoms with Crippen LogP contribution in [-0.2, 0) is 9.53 Å². The fraction of sp³-hybridized carbons (Fsp3) is 0.429. The quantitative estimate of drug-likeness (QED) is 0.895. The van der Waals surface area contributed by atoms with E-state index in [0.29, 0.717) is 30.5 Å². The summed E-state index contributed by atoms with van der Waals surface area (Å²) in [4.78, 5) is 24.8. The average molecular weight is 360 g/mol. The number of aliphatic carboxylic acids is 1. The van der Waals surface area contributed by atoms with Crippen molar-refractivity contribution in [1.82, 2.24) is 4.90 Å². The van der Waals surface area contributed by atoms with Crippen LogP contribution in [0.4, 0.5) is 4.39 Å². The molecule has 1 saturated heterocycles. The van der Waals surface area contributed by atoms with Gasteiger partial charge in [0.15, 0.2) is 0 Å². The number of benzene rings is 1. The predicted molar refractivity (Wildman–Crippen MR) is 76.6 cm³/mol. The van der Waals surface area contributed by atoms with Crippen LogP contribution >= 0.6 is 15.9 Å². The first kappa shape index (κ1) is 15.9. The lowest BCUT2D eigenvalue weighted by Crippen LogP contribution is -2.46. The number of hydrogen-bond donors (Lipinski definition) is 1. The van der Waals surface area contributed by atoms with E-state index < -0.39 is 24.2 Å². The molecule has 1 aliphatic heterocycles. The summed E-state index contributed by atoms with van der Waals surface area (Å²) in [7, 11) is 0. The molecule has 0 radical (unpaired) electrons. The minimum atomic E-state index is -1.09. The maximum atomic E-state index is 13.4. The van der Waals surface area contributed by atoms with Gasteiger partial charge in [0, 0.05) is 29.3 Å². The van der Waals surface area contributed by atoms with Gasteiger partial charge in [-0.05, 0) is 31.0 Å². The number of halogens is 2. The Morgan fingerprint density at radius 1 is 1.33 bits per heavy atom. The van der Waals surface area contributed by atoms with Crippen molar-refractivity contribution in [1.29, 1.82) is 0 Å². The Labute approximate surface area is 129 Å². The van der Waals surface area contributed by atoms with Gasteiger partial charge in [0.1, 0.15) is 12.4 Å². The Morgan fingerprint density at radius 2 is 2.00 bits per heavy atom. The summed E-state index contributed by atoms with van der Waals surface area (Å²) in [6.45, 7) is 0.569. The van der Waals surface area contributed by atoms with Gasteiger partial charge in [-0.25, -0.2) is 4.39 Å². The van der Waals surface area contributed by atoms with Gasteiger partial charge in [0.2, 0.25) is 0 Å². The molecule has 0 saturated carbocycles. The second kappa shape index (κ2) is 7.00. The van der Waals surface area contributed by atoms with E-state index in [4.69, 9.17) is 9.84 Å². The zero-order chi connectivity index (χ0) is 15.4. The summed E-state index contributed by atoms with van der Waals surface area (Å²) >= 11 is 3.13. The van der Waals surface area contributed by atoms with Crippen LogP contribution in [0.2, 0.25) is 0 Å². The van der Waals surface area contributed by atoms with Crippen molar-refractivity contribution in [3.63, 3.8) is 0 Å². The topological polar surface area (TPSA) is 66.8 Å². The molecule has 0 aliphatic carbocycles. The molecule has 0 unspecified atom stereocenters. The zero-order valence-corrected chi connectivity index (χ0v) is 12.8. The molecular weight excluding hydrogens is 345 g/mol. The third-order valence-electron chi connectivity index (χ3n) is 3.31. The summed E-state index contributed by atoms with van der Waals surface area (Å²) in [5.41, 5.74) is 0.134. The molecule has 1 fully saturated rings. The van der Waals surface area contributed by atoms with Gasteiger partial charge < -0.3 is 14.7 Å². The summed E-state index contributed by atoms with van der Waals surface area (Å²) in [6.07, 6.45) is 1.16. The van der Waals surface area contributed by atoms with Crippen molar-refractivity contribution in [2.45, 2.75) is 18.9 Å². The smallest absolute Gasteiger partial charge is 0.323 e. The van der Waals surface area contributed by atoms with Crippen molar-refractivity contribution in [2.75, 3.05) is 19.8 Å². The molecule has 1 heterocycles. The van der Waals surface area contributed by atoms with Gasteiger partial charge in [0.25, 0.3) is 5.91 Å². The molecule has 1 aromatic rings. The highest BCUT2D eigenvalue weighted by atomic mass is 79.9. The van der Waals surface area contributed by atoms with Crippen LogP contribution in [0.15, 0.2) is 22.7 Å². The highest BCUT2D eigenvalue weighted by Crippen LogP contribution is 2.20. The number of amides is 1. The molecule has 0 aromatic heterocycles. The van der Waals surface area contributed by atoms with Gasteiger partial charge in [-0.2, -0.15) is 0 Å². The Kier molecular flexibility index (Phi) is 5.30. The van der Waals surface area contributed by atoms with Gasteiger partial charge in [-0.15, -0.1) is 0 Å². The predicted octanol–water partition coefficient (Wildman–Crippen LogP) is 2.29. The second-order valence-corrected chi connectivity index (χ2v) is 5.74. The number of nitrogens with zero attached hydrogens (tertiary/aromatic N) is 1. The largest absolute Gasteiger partial charge is 0.480 e. The van der Waals surface area contributed by atoms with Crippen LogP contribution in [0.25, 0.3) is 0 Å². The molecule has 1 aliphatic rings. The third kappa shape index (κ3) is 4.25. The highest BCUT2D eigenvalue weighted by molar-refractivity contribution is 9.10. The number of ether oxygens (including phenoxy) is 1. The number of carbonyl (C=O) groups excluding carboxylic acids is 1. The molecule has 2 rings (SSSR count). The van der Waals surface area contributed by atoms with Crippen molar-refractivity contribution in [2.24, 2.45) is 0 Å². The molecule has 21 heavy (non-hydrogen) atoms. The monoisotopic (exact) mass is 359 g/mol. The van der Waals surface area contributed by atoms with Crippen LogP contribution in [0.5, 0.6) is 0 Å². The van der Waals surface area contributed by atoms with Crippen molar-refractivity contribution >= 4 is 27.8 Å². The summed E-state index contributed by atoms with van der Waals surface area (Å²) < 4.78 is 19.1. The van der Waals surface area contributed by atoms with E-state index in [1.54, 1.807) is 0 Å². The summed E-state index contributed by atoms with van der Waals surface area (Å²) in [5, 5.41) is 9.01. The molecule has 114 valence electrons. The second-order valence-electron chi connectivity index (χ2n) is 4.83. The van der Waals surface area contributed by atoms with E-state index in [-0.39, 0.29) is 11.6 Å².